The minimum absolute atomic E-state index is 0.496. The van der Waals surface area contributed by atoms with Gasteiger partial charge in [-0.1, -0.05) is 17.7 Å². The summed E-state index contributed by atoms with van der Waals surface area (Å²) in [5, 5.41) is 9.56. The van der Waals surface area contributed by atoms with Crippen molar-refractivity contribution in [3.63, 3.8) is 0 Å². The van der Waals surface area contributed by atoms with Gasteiger partial charge in [0.25, 0.3) is 0 Å². The van der Waals surface area contributed by atoms with Gasteiger partial charge in [0.15, 0.2) is 5.82 Å². The molecule has 2 aromatic rings. The van der Waals surface area contributed by atoms with Gasteiger partial charge in [-0.25, -0.2) is 0 Å². The van der Waals surface area contributed by atoms with Crippen LogP contribution in [0.1, 0.15) is 5.56 Å². The molecular weight excluding hydrogens is 150 g/mol. The molecule has 0 fully saturated rings. The molecule has 60 valence electrons. The highest BCUT2D eigenvalue weighted by Crippen LogP contribution is 2.18. The molecule has 2 N–H and O–H groups in total. The third-order valence-corrected chi connectivity index (χ3v) is 1.85. The molecule has 12 heavy (non-hydrogen) atoms. The molecule has 0 saturated carbocycles. The molecule has 0 saturated heterocycles. The fraction of sp³-hybridized carbons (Fsp3) is 0.111. The van der Waals surface area contributed by atoms with Crippen LogP contribution in [0.15, 0.2) is 24.4 Å². The van der Waals surface area contributed by atoms with Crippen molar-refractivity contribution in [2.75, 3.05) is 5.73 Å². The normalized spacial score (nSPS) is 10.4. The Labute approximate surface area is 70.2 Å². The summed E-state index contributed by atoms with van der Waals surface area (Å²) in [6, 6.07) is 6.04. The molecule has 3 nitrogen and oxygen atoms in total. The first-order valence-corrected chi connectivity index (χ1v) is 3.75. The first-order valence-electron chi connectivity index (χ1n) is 3.75. The molecule has 0 aliphatic carbocycles. The largest absolute Gasteiger partial charge is 0.382 e. The zero-order valence-electron chi connectivity index (χ0n) is 6.78. The SMILES string of the molecule is Cc1ccc2cnnc(N)c2c1. The number of aryl methyl sites for hydroxylation is 1. The van der Waals surface area contributed by atoms with E-state index in [2.05, 4.69) is 10.2 Å². The molecule has 0 aliphatic heterocycles. The molecule has 0 radical (unpaired) electrons. The molecule has 0 atom stereocenters. The third-order valence-electron chi connectivity index (χ3n) is 1.85. The lowest BCUT2D eigenvalue weighted by Crippen LogP contribution is -1.93. The molecule has 0 unspecified atom stereocenters. The average molecular weight is 159 g/mol. The van der Waals surface area contributed by atoms with E-state index in [-0.39, 0.29) is 0 Å². The van der Waals surface area contributed by atoms with Gasteiger partial charge >= 0.3 is 0 Å². The van der Waals surface area contributed by atoms with E-state index in [0.717, 1.165) is 10.8 Å². The predicted octanol–water partition coefficient (Wildman–Crippen LogP) is 1.52. The summed E-state index contributed by atoms with van der Waals surface area (Å²) >= 11 is 0. The number of fused-ring (bicyclic) bond motifs is 1. The van der Waals surface area contributed by atoms with Gasteiger partial charge in [-0.3, -0.25) is 0 Å². The number of hydrogen-bond acceptors (Lipinski definition) is 3. The van der Waals surface area contributed by atoms with Gasteiger partial charge in [-0.2, -0.15) is 5.10 Å². The lowest BCUT2D eigenvalue weighted by Gasteiger charge is -1.99. The number of nitrogens with two attached hydrogens (primary N) is 1. The Bertz CT molecular complexity index is 423. The van der Waals surface area contributed by atoms with Crippen LogP contribution >= 0.6 is 0 Å². The number of nitrogens with zero attached hydrogens (tertiary/aromatic N) is 2. The maximum Gasteiger partial charge on any atom is 0.153 e. The molecule has 1 aromatic carbocycles. The second-order valence-electron chi connectivity index (χ2n) is 2.82. The zero-order chi connectivity index (χ0) is 8.55. The van der Waals surface area contributed by atoms with Crippen molar-refractivity contribution >= 4 is 16.6 Å². The quantitative estimate of drug-likeness (QED) is 0.634. The fourth-order valence-corrected chi connectivity index (χ4v) is 1.21. The van der Waals surface area contributed by atoms with Gasteiger partial charge in [-0.15, -0.1) is 5.10 Å². The maximum atomic E-state index is 5.65. The van der Waals surface area contributed by atoms with Crippen LogP contribution in [0.4, 0.5) is 5.82 Å². The van der Waals surface area contributed by atoms with E-state index in [0.29, 0.717) is 5.82 Å². The van der Waals surface area contributed by atoms with E-state index in [1.807, 2.05) is 25.1 Å². The smallest absolute Gasteiger partial charge is 0.153 e. The Balaban J connectivity index is 2.88. The van der Waals surface area contributed by atoms with Crippen molar-refractivity contribution in [2.45, 2.75) is 6.92 Å². The van der Waals surface area contributed by atoms with Crippen molar-refractivity contribution in [2.24, 2.45) is 0 Å². The van der Waals surface area contributed by atoms with Gasteiger partial charge in [0.05, 0.1) is 6.20 Å². The minimum atomic E-state index is 0.496. The lowest BCUT2D eigenvalue weighted by atomic mass is 10.1. The summed E-state index contributed by atoms with van der Waals surface area (Å²) in [6.45, 7) is 2.03. The van der Waals surface area contributed by atoms with E-state index >= 15 is 0 Å². The molecule has 3 heteroatoms. The number of rotatable bonds is 0. The standard InChI is InChI=1S/C9H9N3/c1-6-2-3-7-5-11-12-9(10)8(7)4-6/h2-5H,1H3,(H2,10,12). The number of aromatic nitrogens is 2. The highest BCUT2D eigenvalue weighted by atomic mass is 15.1. The van der Waals surface area contributed by atoms with Crippen LogP contribution in [-0.4, -0.2) is 10.2 Å². The van der Waals surface area contributed by atoms with Gasteiger partial charge < -0.3 is 5.73 Å². The molecule has 0 aliphatic rings. The van der Waals surface area contributed by atoms with E-state index in [9.17, 15) is 0 Å². The van der Waals surface area contributed by atoms with Crippen LogP contribution < -0.4 is 5.73 Å². The van der Waals surface area contributed by atoms with Crippen molar-refractivity contribution in [3.8, 4) is 0 Å². The number of anilines is 1. The van der Waals surface area contributed by atoms with Crippen LogP contribution in [0.2, 0.25) is 0 Å². The van der Waals surface area contributed by atoms with Crippen molar-refractivity contribution in [1.29, 1.82) is 0 Å². The summed E-state index contributed by atoms with van der Waals surface area (Å²) in [6.07, 6.45) is 1.71. The van der Waals surface area contributed by atoms with Crippen LogP contribution in [-0.2, 0) is 0 Å². The summed E-state index contributed by atoms with van der Waals surface area (Å²) in [5.74, 6) is 0.496. The third kappa shape index (κ3) is 0.993. The first kappa shape index (κ1) is 7.03. The van der Waals surface area contributed by atoms with Crippen LogP contribution in [0.3, 0.4) is 0 Å². The second kappa shape index (κ2) is 2.44. The summed E-state index contributed by atoms with van der Waals surface area (Å²) in [4.78, 5) is 0. The van der Waals surface area contributed by atoms with Crippen LogP contribution in [0.25, 0.3) is 10.8 Å². The Kier molecular flexibility index (Phi) is 1.43. The highest BCUT2D eigenvalue weighted by Gasteiger charge is 1.98. The molecule has 0 bridgehead atoms. The maximum absolute atomic E-state index is 5.65. The van der Waals surface area contributed by atoms with Crippen molar-refractivity contribution in [3.05, 3.63) is 30.0 Å². The predicted molar refractivity (Wildman–Crippen MR) is 48.7 cm³/mol. The highest BCUT2D eigenvalue weighted by molar-refractivity contribution is 5.90. The summed E-state index contributed by atoms with van der Waals surface area (Å²) in [5.41, 5.74) is 6.83. The van der Waals surface area contributed by atoms with Crippen molar-refractivity contribution < 1.29 is 0 Å². The topological polar surface area (TPSA) is 51.8 Å². The van der Waals surface area contributed by atoms with Crippen LogP contribution in [0.5, 0.6) is 0 Å². The lowest BCUT2D eigenvalue weighted by molar-refractivity contribution is 1.06. The fourth-order valence-electron chi connectivity index (χ4n) is 1.21. The Morgan fingerprint density at radius 3 is 3.00 bits per heavy atom. The Morgan fingerprint density at radius 2 is 2.17 bits per heavy atom. The second-order valence-corrected chi connectivity index (χ2v) is 2.82. The average Bonchev–Trinajstić information content (AvgIpc) is 2.07. The summed E-state index contributed by atoms with van der Waals surface area (Å²) in [7, 11) is 0. The van der Waals surface area contributed by atoms with E-state index in [4.69, 9.17) is 5.73 Å². The van der Waals surface area contributed by atoms with Gasteiger partial charge in [0.2, 0.25) is 0 Å². The molecule has 1 heterocycles. The van der Waals surface area contributed by atoms with E-state index in [1.54, 1.807) is 6.20 Å². The zero-order valence-corrected chi connectivity index (χ0v) is 6.78. The summed E-state index contributed by atoms with van der Waals surface area (Å²) < 4.78 is 0. The molecule has 2 rings (SSSR count). The Morgan fingerprint density at radius 1 is 1.33 bits per heavy atom. The number of benzene rings is 1. The molecule has 1 aromatic heterocycles. The Hall–Kier alpha value is -1.64. The van der Waals surface area contributed by atoms with E-state index in [1.165, 1.54) is 5.56 Å². The minimum Gasteiger partial charge on any atom is -0.382 e. The number of hydrogen-bond donors (Lipinski definition) is 1. The van der Waals surface area contributed by atoms with Crippen LogP contribution in [0, 0.1) is 6.92 Å². The van der Waals surface area contributed by atoms with Gasteiger partial charge in [0, 0.05) is 10.8 Å². The molecular formula is C9H9N3. The molecule has 0 amide bonds. The van der Waals surface area contributed by atoms with Crippen molar-refractivity contribution in [1.82, 2.24) is 10.2 Å². The van der Waals surface area contributed by atoms with Gasteiger partial charge in [0.1, 0.15) is 0 Å². The number of nitrogen functional groups attached to an aromatic ring is 1. The monoisotopic (exact) mass is 159 g/mol. The molecule has 0 spiro atoms. The van der Waals surface area contributed by atoms with Gasteiger partial charge in [-0.05, 0) is 13.0 Å². The van der Waals surface area contributed by atoms with E-state index < -0.39 is 0 Å². The first-order chi connectivity index (χ1) is 5.77.